The first-order valence-corrected chi connectivity index (χ1v) is 11.3. The van der Waals surface area contributed by atoms with E-state index in [1.807, 2.05) is 12.2 Å². The molecule has 0 N–H and O–H groups in total. The van der Waals surface area contributed by atoms with E-state index in [0.29, 0.717) is 52.1 Å². The number of halogens is 6. The van der Waals surface area contributed by atoms with Crippen molar-refractivity contribution in [3.63, 3.8) is 0 Å². The Labute approximate surface area is 211 Å². The van der Waals surface area contributed by atoms with E-state index in [2.05, 4.69) is 20.0 Å². The van der Waals surface area contributed by atoms with Crippen molar-refractivity contribution in [3.8, 4) is 0 Å². The summed E-state index contributed by atoms with van der Waals surface area (Å²) in [5.74, 6) is 0. The number of hydrogen-bond acceptors (Lipinski definition) is 4. The fraction of sp³-hybridized carbons (Fsp3) is 0.0714. The third kappa shape index (κ3) is 4.72. The van der Waals surface area contributed by atoms with Gasteiger partial charge in [0.1, 0.15) is 0 Å². The van der Waals surface area contributed by atoms with E-state index in [0.717, 1.165) is 0 Å². The number of nitrogens with zero attached hydrogens (tertiary/aromatic N) is 4. The lowest BCUT2D eigenvalue weighted by Gasteiger charge is -2.15. The number of benzene rings is 1. The van der Waals surface area contributed by atoms with Gasteiger partial charge in [-0.1, -0.05) is 0 Å². The summed E-state index contributed by atoms with van der Waals surface area (Å²) >= 11 is 0. The molecule has 0 aliphatic carbocycles. The minimum absolute atomic E-state index is 0.103. The Morgan fingerprint density at radius 1 is 0.447 bits per heavy atom. The summed E-state index contributed by atoms with van der Waals surface area (Å²) < 4.78 is 81.2. The highest BCUT2D eigenvalue weighted by Gasteiger charge is 2.37. The number of allylic oxidation sites excluding steroid dienone is 12. The number of aliphatic imine (C=N–C) groups is 4. The molecule has 38 heavy (non-hydrogen) atoms. The second-order valence-corrected chi connectivity index (χ2v) is 8.74. The van der Waals surface area contributed by atoms with Crippen molar-refractivity contribution in [2.45, 2.75) is 12.4 Å². The van der Waals surface area contributed by atoms with Gasteiger partial charge in [-0.2, -0.15) is 26.3 Å². The van der Waals surface area contributed by atoms with Gasteiger partial charge in [0.15, 0.2) is 0 Å². The smallest absolute Gasteiger partial charge is 0.249 e. The highest BCUT2D eigenvalue weighted by atomic mass is 19.4. The summed E-state index contributed by atoms with van der Waals surface area (Å²) in [6.45, 7) is 0. The molecule has 8 bridgehead atoms. The molecule has 1 aromatic rings. The number of hydrogen-bond donors (Lipinski definition) is 0. The van der Waals surface area contributed by atoms with Crippen molar-refractivity contribution in [2.24, 2.45) is 20.0 Å². The first-order valence-electron chi connectivity index (χ1n) is 11.3. The first-order chi connectivity index (χ1) is 18.0. The van der Waals surface area contributed by atoms with Gasteiger partial charge in [0.2, 0.25) is 0 Å². The lowest BCUT2D eigenvalue weighted by atomic mass is 9.96. The Morgan fingerprint density at radius 2 is 0.895 bits per heavy atom. The molecule has 5 aliphatic rings. The third-order valence-corrected chi connectivity index (χ3v) is 5.94. The molecule has 0 amide bonds. The van der Waals surface area contributed by atoms with Gasteiger partial charge in [-0.3, -0.25) is 0 Å². The molecule has 0 saturated heterocycles. The minimum Gasteiger partial charge on any atom is -0.249 e. The van der Waals surface area contributed by atoms with Crippen LogP contribution in [0.1, 0.15) is 16.7 Å². The molecule has 10 heteroatoms. The average molecular weight is 520 g/mol. The van der Waals surface area contributed by atoms with Gasteiger partial charge in [0, 0.05) is 5.57 Å². The minimum atomic E-state index is -4.97. The molecule has 0 radical (unpaired) electrons. The Hall–Kier alpha value is -4.60. The zero-order chi connectivity index (χ0) is 26.7. The summed E-state index contributed by atoms with van der Waals surface area (Å²) in [5, 5.41) is 0. The van der Waals surface area contributed by atoms with E-state index < -0.39 is 23.5 Å². The lowest BCUT2D eigenvalue weighted by molar-refractivity contribution is -0.143. The number of alkyl halides is 6. The SMILES string of the molecule is FC(F)(F)c1cc(C2=CC3=CC4=NC(=CC5=NC(=CC6=NC(=CC2=N3)C=C6)C=C5)C=C4)cc(C(F)(F)F)c1. The molecule has 0 aromatic heterocycles. The largest absolute Gasteiger partial charge is 0.416 e. The van der Waals surface area contributed by atoms with Crippen LogP contribution in [-0.2, 0) is 12.4 Å². The third-order valence-electron chi connectivity index (χ3n) is 5.94. The van der Waals surface area contributed by atoms with Crippen LogP contribution >= 0.6 is 0 Å². The summed E-state index contributed by atoms with van der Waals surface area (Å²) in [4.78, 5) is 18.0. The Morgan fingerprint density at radius 3 is 1.37 bits per heavy atom. The molecular weight excluding hydrogens is 506 g/mol. The molecule has 0 atom stereocenters. The fourth-order valence-electron chi connectivity index (χ4n) is 4.24. The van der Waals surface area contributed by atoms with E-state index >= 15 is 0 Å². The topological polar surface area (TPSA) is 49.4 Å². The molecule has 1 aromatic carbocycles. The van der Waals surface area contributed by atoms with Gasteiger partial charge in [0.05, 0.1) is 56.8 Å². The summed E-state index contributed by atoms with van der Waals surface area (Å²) in [6, 6.07) is 1.49. The molecule has 0 unspecified atom stereocenters. The first kappa shape index (κ1) is 23.8. The van der Waals surface area contributed by atoms with Gasteiger partial charge in [-0.15, -0.1) is 0 Å². The molecule has 188 valence electrons. The van der Waals surface area contributed by atoms with Gasteiger partial charge < -0.3 is 0 Å². The summed E-state index contributed by atoms with van der Waals surface area (Å²) in [7, 11) is 0. The highest BCUT2D eigenvalue weighted by Crippen LogP contribution is 2.39. The maximum atomic E-state index is 13.5. The van der Waals surface area contributed by atoms with Crippen LogP contribution in [0.2, 0.25) is 0 Å². The van der Waals surface area contributed by atoms with Crippen LogP contribution in [0.3, 0.4) is 0 Å². The molecule has 4 nitrogen and oxygen atoms in total. The molecule has 5 aliphatic heterocycles. The van der Waals surface area contributed by atoms with E-state index in [-0.39, 0.29) is 22.9 Å². The number of fused-ring (bicyclic) bond motifs is 4. The lowest BCUT2D eigenvalue weighted by Crippen LogP contribution is -2.12. The van der Waals surface area contributed by atoms with E-state index in [1.165, 1.54) is 12.2 Å². The van der Waals surface area contributed by atoms with Crippen LogP contribution in [-0.4, -0.2) is 22.8 Å². The average Bonchev–Trinajstić information content (AvgIpc) is 3.63. The maximum Gasteiger partial charge on any atom is 0.416 e. The highest BCUT2D eigenvalue weighted by molar-refractivity contribution is 6.32. The van der Waals surface area contributed by atoms with Crippen LogP contribution in [0.25, 0.3) is 5.57 Å². The van der Waals surface area contributed by atoms with Crippen molar-refractivity contribution in [1.29, 1.82) is 0 Å². The second kappa shape index (κ2) is 8.47. The van der Waals surface area contributed by atoms with Gasteiger partial charge >= 0.3 is 12.4 Å². The second-order valence-electron chi connectivity index (χ2n) is 8.74. The summed E-state index contributed by atoms with van der Waals surface area (Å²) in [5.41, 5.74) is 1.07. The van der Waals surface area contributed by atoms with Gasteiger partial charge in [-0.05, 0) is 90.6 Å². The van der Waals surface area contributed by atoms with Crippen LogP contribution in [0.4, 0.5) is 26.3 Å². The van der Waals surface area contributed by atoms with Crippen LogP contribution < -0.4 is 0 Å². The molecule has 6 rings (SSSR count). The van der Waals surface area contributed by atoms with Crippen molar-refractivity contribution in [3.05, 3.63) is 125 Å². The van der Waals surface area contributed by atoms with Gasteiger partial charge in [0.25, 0.3) is 0 Å². The zero-order valence-corrected chi connectivity index (χ0v) is 19.1. The van der Waals surface area contributed by atoms with E-state index in [1.54, 1.807) is 42.5 Å². The van der Waals surface area contributed by atoms with Crippen LogP contribution in [0, 0.1) is 0 Å². The fourth-order valence-corrected chi connectivity index (χ4v) is 4.24. The quantitative estimate of drug-likeness (QED) is 0.354. The maximum absolute atomic E-state index is 13.5. The Kier molecular flexibility index (Phi) is 5.30. The number of rotatable bonds is 1. The molecule has 0 saturated carbocycles. The Balaban J connectivity index is 1.52. The molecule has 0 spiro atoms. The van der Waals surface area contributed by atoms with Crippen molar-refractivity contribution in [1.82, 2.24) is 0 Å². The molecular formula is C28H14F6N4. The predicted octanol–water partition coefficient (Wildman–Crippen LogP) is 7.14. The van der Waals surface area contributed by atoms with Crippen LogP contribution in [0.15, 0.2) is 128 Å². The predicted molar refractivity (Wildman–Crippen MR) is 134 cm³/mol. The summed E-state index contributed by atoms with van der Waals surface area (Å²) in [6.07, 6.45) is 8.74. The standard InChI is InChI=1S/C28H14F6N4/c29-27(30,31)16-7-15(8-17(9-16)28(32,33)34)25-13-24-12-22-4-3-20(36-22)10-18-1-2-19(35-18)11-21-5-6-23(37-21)14-26(25)38-24/h1-14H. The van der Waals surface area contributed by atoms with Crippen molar-refractivity contribution in [2.75, 3.05) is 0 Å². The Bertz CT molecular complexity index is 1630. The van der Waals surface area contributed by atoms with Crippen LogP contribution in [0.5, 0.6) is 0 Å². The van der Waals surface area contributed by atoms with E-state index in [4.69, 9.17) is 0 Å². The van der Waals surface area contributed by atoms with Gasteiger partial charge in [-0.25, -0.2) is 20.0 Å². The van der Waals surface area contributed by atoms with Crippen molar-refractivity contribution >= 4 is 28.4 Å². The normalized spacial score (nSPS) is 19.9. The molecule has 5 heterocycles. The molecule has 0 fully saturated rings. The van der Waals surface area contributed by atoms with Crippen molar-refractivity contribution < 1.29 is 26.3 Å². The van der Waals surface area contributed by atoms with E-state index in [9.17, 15) is 26.3 Å². The zero-order valence-electron chi connectivity index (χ0n) is 19.1. The monoisotopic (exact) mass is 520 g/mol.